The summed E-state index contributed by atoms with van der Waals surface area (Å²) >= 11 is 13.1. The maximum Gasteiger partial charge on any atom is 2.00 e. The van der Waals surface area contributed by atoms with Crippen molar-refractivity contribution in [2.75, 3.05) is 20.2 Å². The summed E-state index contributed by atoms with van der Waals surface area (Å²) in [5, 5.41) is 14.5. The average Bonchev–Trinajstić information content (AvgIpc) is 3.59. The van der Waals surface area contributed by atoms with Crippen LogP contribution in [0.3, 0.4) is 0 Å². The third-order valence-electron chi connectivity index (χ3n) is 8.44. The number of carbonyl (C=O) groups is 1. The third kappa shape index (κ3) is 7.09. The van der Waals surface area contributed by atoms with Crippen LogP contribution in [0.25, 0.3) is 33.2 Å². The van der Waals surface area contributed by atoms with E-state index in [0.717, 1.165) is 46.1 Å². The van der Waals surface area contributed by atoms with E-state index in [0.29, 0.717) is 33.6 Å². The molecule has 1 unspecified atom stereocenters. The average molecular weight is 733 g/mol. The van der Waals surface area contributed by atoms with Gasteiger partial charge in [-0.1, -0.05) is 57.2 Å². The summed E-state index contributed by atoms with van der Waals surface area (Å²) in [6, 6.07) is 19.4. The van der Waals surface area contributed by atoms with Gasteiger partial charge in [0.1, 0.15) is 0 Å². The van der Waals surface area contributed by atoms with Crippen LogP contribution in [-0.2, 0) is 35.5 Å². The molecule has 7 rings (SSSR count). The Kier molecular flexibility index (Phi) is 10.8. The number of alkyl halides is 2. The number of carboxylic acid groups (broad SMARTS) is 1. The van der Waals surface area contributed by atoms with E-state index in [4.69, 9.17) is 32.9 Å². The molecule has 1 radical (unpaired) electrons. The number of piperidine rings is 1. The number of pyridine rings is 2. The minimum Gasteiger partial charge on any atom is -0.481 e. The maximum absolute atomic E-state index is 12.3. The first kappa shape index (κ1) is 35.4. The van der Waals surface area contributed by atoms with Crippen LogP contribution < -0.4 is 10.3 Å². The predicted octanol–water partition coefficient (Wildman–Crippen LogP) is 6.36. The van der Waals surface area contributed by atoms with Gasteiger partial charge in [-0.05, 0) is 24.1 Å². The van der Waals surface area contributed by atoms with Gasteiger partial charge in [-0.2, -0.15) is 29.4 Å². The number of aromatic nitrogens is 4. The van der Waals surface area contributed by atoms with Gasteiger partial charge >= 0.3 is 23.0 Å². The first-order valence-corrected chi connectivity index (χ1v) is 15.3. The van der Waals surface area contributed by atoms with Gasteiger partial charge in [0.2, 0.25) is 12.3 Å². The van der Waals surface area contributed by atoms with E-state index in [2.05, 4.69) is 27.2 Å². The number of hydrogen-bond donors (Lipinski definition) is 1. The molecule has 4 heterocycles. The van der Waals surface area contributed by atoms with Crippen LogP contribution >= 0.6 is 23.2 Å². The molecular formula is C34H27Cl2F2MnN5O4. The van der Waals surface area contributed by atoms with Crippen LogP contribution in [0, 0.1) is 30.0 Å². The Balaban J connectivity index is 0.000000237. The number of fused-ring (bicyclic) bond motifs is 2. The van der Waals surface area contributed by atoms with Gasteiger partial charge < -0.3 is 19.6 Å². The number of benzene rings is 2. The molecule has 9 nitrogen and oxygen atoms in total. The van der Waals surface area contributed by atoms with Crippen LogP contribution in [-0.4, -0.2) is 55.9 Å². The van der Waals surface area contributed by atoms with Gasteiger partial charge in [0.15, 0.2) is 5.56 Å². The molecule has 2 aromatic carbocycles. The Morgan fingerprint density at radius 3 is 2.48 bits per heavy atom. The molecule has 2 aliphatic rings. The summed E-state index contributed by atoms with van der Waals surface area (Å²) in [4.78, 5) is 33.0. The quantitative estimate of drug-likeness (QED) is 0.152. The second-order valence-corrected chi connectivity index (χ2v) is 12.1. The number of hydrogen-bond acceptors (Lipinski definition) is 7. The standard InChI is InChI=1S/C25H21Cl2N2O3.C9H6F2N3O.Mn/c1-32-24-14(11-29-12-18-19(13-29)22(18)25(30)31)9-10-21(28-24)17-7-4-6-16(23(17)27)15-5-2-3-8-20(15)26;1-14-9(15)6-4-12-7(8(10)11)2-5(6)3-13-14;/h2-7,9-10,18-19,22H,11-13H2,1H3,(H,30,31);2-3,8H,1H3;/q2*-1;+2/t18-,19+,22?;;. The topological polar surface area (TPSA) is 110 Å². The predicted molar refractivity (Wildman–Crippen MR) is 172 cm³/mol. The van der Waals surface area contributed by atoms with Crippen LogP contribution in [0.5, 0.6) is 5.88 Å². The molecule has 14 heteroatoms. The number of rotatable bonds is 7. The number of aryl methyl sites for hydroxylation is 1. The number of likely N-dealkylation sites (tertiary alicyclic amines) is 1. The van der Waals surface area contributed by atoms with Crippen LogP contribution in [0.2, 0.25) is 10.0 Å². The van der Waals surface area contributed by atoms with Crippen molar-refractivity contribution < 1.29 is 40.5 Å². The summed E-state index contributed by atoms with van der Waals surface area (Å²) < 4.78 is 31.3. The van der Waals surface area contributed by atoms with Gasteiger partial charge in [-0.3, -0.25) is 14.4 Å². The Labute approximate surface area is 295 Å². The number of carboxylic acids is 1. The molecule has 1 aliphatic carbocycles. The fraction of sp³-hybridized carbons (Fsp3) is 0.265. The number of halogens is 4. The monoisotopic (exact) mass is 732 g/mol. The zero-order valence-corrected chi connectivity index (χ0v) is 28.2. The third-order valence-corrected chi connectivity index (χ3v) is 9.16. The van der Waals surface area contributed by atoms with E-state index < -0.39 is 23.6 Å². The number of nitrogens with zero attached hydrogens (tertiary/aromatic N) is 5. The summed E-state index contributed by atoms with van der Waals surface area (Å²) in [6.07, 6.45) is 0.969. The fourth-order valence-electron chi connectivity index (χ4n) is 6.03. The van der Waals surface area contributed by atoms with E-state index in [1.807, 2.05) is 42.5 Å². The van der Waals surface area contributed by atoms with Crippen molar-refractivity contribution in [3.05, 3.63) is 105 Å². The Hall–Kier alpha value is -3.93. The van der Waals surface area contributed by atoms with Crippen LogP contribution in [0.15, 0.2) is 65.6 Å². The minimum atomic E-state index is -2.67. The molecule has 1 aliphatic heterocycles. The van der Waals surface area contributed by atoms with Gasteiger partial charge in [-0.15, -0.1) is 23.2 Å². The van der Waals surface area contributed by atoms with Crippen molar-refractivity contribution in [2.45, 2.75) is 13.0 Å². The zero-order chi connectivity index (χ0) is 33.4. The summed E-state index contributed by atoms with van der Waals surface area (Å²) in [7, 11) is 3.08. The molecule has 2 fully saturated rings. The SMILES string of the molecule is COc1nc(-c2cccc(-c3ccc[c-]c3Cl)c2Cl)ccc1CN1C[C@@H]2C(C(=O)O)[C@@H]2C1.Cn1ncc2cc(C(F)F)n[c-]c2c1=O.[Mn+2]. The normalized spacial score (nSPS) is 18.1. The molecule has 0 bridgehead atoms. The molecule has 48 heavy (non-hydrogen) atoms. The molecule has 0 amide bonds. The Bertz CT molecular complexity index is 2040. The van der Waals surface area contributed by atoms with Gasteiger partial charge in [0, 0.05) is 54.7 Å². The van der Waals surface area contributed by atoms with E-state index in [9.17, 15) is 23.5 Å². The molecule has 5 aromatic rings. The fourth-order valence-corrected chi connectivity index (χ4v) is 6.58. The second-order valence-electron chi connectivity index (χ2n) is 11.3. The molecular weight excluding hydrogens is 706 g/mol. The van der Waals surface area contributed by atoms with Gasteiger partial charge in [0.05, 0.1) is 18.7 Å². The van der Waals surface area contributed by atoms with Gasteiger partial charge in [0.25, 0.3) is 0 Å². The van der Waals surface area contributed by atoms with Crippen molar-refractivity contribution in [1.82, 2.24) is 24.6 Å². The molecule has 1 N–H and O–H groups in total. The molecule has 3 aromatic heterocycles. The largest absolute Gasteiger partial charge is 2.00 e. The number of methoxy groups -OCH3 is 1. The molecule has 0 spiro atoms. The van der Waals surface area contributed by atoms with Crippen molar-refractivity contribution in [2.24, 2.45) is 24.8 Å². The molecule has 1 saturated heterocycles. The van der Waals surface area contributed by atoms with Gasteiger partial charge in [-0.25, -0.2) is 13.8 Å². The maximum atomic E-state index is 12.3. The van der Waals surface area contributed by atoms with E-state index >= 15 is 0 Å². The molecule has 1 saturated carbocycles. The number of aliphatic carboxylic acids is 1. The van der Waals surface area contributed by atoms with Crippen molar-refractivity contribution >= 4 is 39.9 Å². The van der Waals surface area contributed by atoms with Crippen LogP contribution in [0.4, 0.5) is 8.78 Å². The Morgan fingerprint density at radius 2 is 1.81 bits per heavy atom. The molecule has 247 valence electrons. The second kappa shape index (κ2) is 14.7. The Morgan fingerprint density at radius 1 is 1.10 bits per heavy atom. The molecule has 3 atom stereocenters. The van der Waals surface area contributed by atoms with Crippen molar-refractivity contribution in [3.63, 3.8) is 0 Å². The first-order chi connectivity index (χ1) is 22.6. The minimum absolute atomic E-state index is 0. The summed E-state index contributed by atoms with van der Waals surface area (Å²) in [5.74, 6) is 0.255. The van der Waals surface area contributed by atoms with Crippen LogP contribution in [0.1, 0.15) is 17.7 Å². The smallest absolute Gasteiger partial charge is 0.481 e. The number of ether oxygens (including phenoxy) is 1. The van der Waals surface area contributed by atoms with Crippen molar-refractivity contribution in [1.29, 1.82) is 0 Å². The summed E-state index contributed by atoms with van der Waals surface area (Å²) in [6.45, 7) is 2.28. The van der Waals surface area contributed by atoms with Crippen molar-refractivity contribution in [3.8, 4) is 28.3 Å². The van der Waals surface area contributed by atoms with E-state index in [1.54, 1.807) is 13.2 Å². The van der Waals surface area contributed by atoms with E-state index in [1.165, 1.54) is 13.2 Å². The summed E-state index contributed by atoms with van der Waals surface area (Å²) in [5.41, 5.74) is 3.30. The first-order valence-electron chi connectivity index (χ1n) is 14.5. The van der Waals surface area contributed by atoms with E-state index in [-0.39, 0.29) is 40.2 Å². The zero-order valence-electron chi connectivity index (χ0n) is 25.5.